The van der Waals surface area contributed by atoms with Crippen molar-refractivity contribution in [1.82, 2.24) is 14.1 Å². The number of fused-ring (bicyclic) bond motifs is 8. The van der Waals surface area contributed by atoms with E-state index in [1.807, 2.05) is 24.4 Å². The molecule has 0 unspecified atom stereocenters. The minimum Gasteiger partial charge on any atom is -0.457 e. The van der Waals surface area contributed by atoms with Crippen LogP contribution in [0.15, 0.2) is 144 Å². The fourth-order valence-corrected chi connectivity index (χ4v) is 8.70. The molecule has 10 aromatic rings. The first-order valence-corrected chi connectivity index (χ1v) is 20.1. The summed E-state index contributed by atoms with van der Waals surface area (Å²) in [4.78, 5) is 4.99. The number of rotatable bonds is 5. The van der Waals surface area contributed by atoms with E-state index in [0.717, 1.165) is 77.8 Å². The molecule has 0 saturated heterocycles. The molecule has 6 heteroatoms. The molecule has 0 aliphatic rings. The molecule has 0 N–H and O–H groups in total. The van der Waals surface area contributed by atoms with Gasteiger partial charge < -0.3 is 9.15 Å². The van der Waals surface area contributed by atoms with E-state index in [1.54, 1.807) is 0 Å². The number of para-hydroxylation sites is 3. The maximum absolute atomic E-state index is 6.77. The molecule has 4 aromatic heterocycles. The second-order valence-corrected chi connectivity index (χ2v) is 17.8. The number of imidazole rings is 1. The monoisotopic (exact) mass is 759 g/mol. The molecule has 4 heterocycles. The average Bonchev–Trinajstić information content (AvgIpc) is 3.87. The number of benzene rings is 6. The Kier molecular flexibility index (Phi) is 7.97. The van der Waals surface area contributed by atoms with E-state index < -0.39 is 0 Å². The van der Waals surface area contributed by atoms with Gasteiger partial charge in [-0.3, -0.25) is 4.57 Å². The van der Waals surface area contributed by atoms with Crippen molar-refractivity contribution < 1.29 is 13.7 Å². The molecule has 0 aliphatic heterocycles. The van der Waals surface area contributed by atoms with Crippen LogP contribution in [0.1, 0.15) is 63.8 Å². The Morgan fingerprint density at radius 3 is 2.12 bits per heavy atom. The first kappa shape index (κ1) is 35.7. The van der Waals surface area contributed by atoms with Gasteiger partial charge in [0.2, 0.25) is 0 Å². The lowest BCUT2D eigenvalue weighted by Gasteiger charge is -2.21. The Hall–Kier alpha value is -6.66. The van der Waals surface area contributed by atoms with E-state index in [9.17, 15) is 0 Å². The van der Waals surface area contributed by atoms with Crippen molar-refractivity contribution >= 4 is 54.8 Å². The van der Waals surface area contributed by atoms with Crippen molar-refractivity contribution in [3.05, 3.63) is 162 Å². The lowest BCUT2D eigenvalue weighted by molar-refractivity contribution is -0.568. The molecule has 0 fully saturated rings. The van der Waals surface area contributed by atoms with Gasteiger partial charge in [0.25, 0.3) is 6.33 Å². The van der Waals surface area contributed by atoms with Crippen molar-refractivity contribution in [1.29, 1.82) is 0 Å². The molecule has 0 radical (unpaired) electrons. The summed E-state index contributed by atoms with van der Waals surface area (Å²) in [7, 11) is 0. The molecule has 0 spiro atoms. The van der Waals surface area contributed by atoms with Crippen LogP contribution < -0.4 is 9.30 Å². The van der Waals surface area contributed by atoms with Gasteiger partial charge in [0.05, 0.1) is 16.4 Å². The Balaban J connectivity index is 1.11. The quantitative estimate of drug-likeness (QED) is 0.164. The van der Waals surface area contributed by atoms with Gasteiger partial charge in [-0.2, -0.15) is 9.13 Å². The van der Waals surface area contributed by atoms with Crippen LogP contribution in [-0.4, -0.2) is 14.1 Å². The van der Waals surface area contributed by atoms with E-state index in [4.69, 9.17) is 14.1 Å². The van der Waals surface area contributed by atoms with Gasteiger partial charge in [-0.1, -0.05) is 90.1 Å². The zero-order valence-electron chi connectivity index (χ0n) is 34.4. The molecule has 286 valence electrons. The number of aromatic nitrogens is 4. The lowest BCUT2D eigenvalue weighted by atomic mass is 9.84. The predicted octanol–water partition coefficient (Wildman–Crippen LogP) is 13.3. The number of aryl methyl sites for hydroxylation is 2. The number of nitrogens with zero attached hydrogens (tertiary/aromatic N) is 4. The van der Waals surface area contributed by atoms with Crippen molar-refractivity contribution in [3.63, 3.8) is 0 Å². The number of ether oxygens (including phenoxy) is 1. The Bertz CT molecular complexity index is 3230. The standard InChI is InChI=1S/C52H47N4O2/c1-32-26-35(52(6,7)8)27-33(2)49(32)55-31-54(42-17-10-11-18-43(42)55)36-14-13-15-37(29-36)57-38-20-21-39-40-22-23-46-48(41-16-9-12-19-45(41)58-46)50(40)56(44(39)30-38)47-28-34(24-25-53-47)51(3,4)5/h9-31H,1-8H3/q+1. The molecular weight excluding hydrogens is 713 g/mol. The van der Waals surface area contributed by atoms with Crippen LogP contribution in [0.2, 0.25) is 0 Å². The van der Waals surface area contributed by atoms with Crippen LogP contribution in [0.3, 0.4) is 0 Å². The minimum absolute atomic E-state index is 0.0494. The fourth-order valence-electron chi connectivity index (χ4n) is 8.70. The molecule has 0 bridgehead atoms. The molecule has 0 saturated carbocycles. The van der Waals surface area contributed by atoms with Gasteiger partial charge in [-0.05, 0) is 114 Å². The minimum atomic E-state index is -0.0494. The van der Waals surface area contributed by atoms with E-state index in [0.29, 0.717) is 0 Å². The smallest absolute Gasteiger partial charge is 0.255 e. The van der Waals surface area contributed by atoms with Gasteiger partial charge in [-0.25, -0.2) is 4.98 Å². The molecule has 0 atom stereocenters. The van der Waals surface area contributed by atoms with Crippen LogP contribution in [0.5, 0.6) is 11.5 Å². The molecule has 6 aromatic carbocycles. The third kappa shape index (κ3) is 5.77. The summed E-state index contributed by atoms with van der Waals surface area (Å²) < 4.78 is 20.0. The highest BCUT2D eigenvalue weighted by Gasteiger charge is 2.25. The Morgan fingerprint density at radius 1 is 0.603 bits per heavy atom. The SMILES string of the molecule is Cc1cc(C(C)(C)C)cc(C)c1-[n+]1cn(-c2cccc(Oc3ccc4c5ccc6oc7ccccc7c6c5n(-c5cc(C(C)(C)C)ccn5)c4c3)c2)c2ccccc21. The summed E-state index contributed by atoms with van der Waals surface area (Å²) in [5, 5.41) is 4.42. The average molecular weight is 760 g/mol. The number of hydrogen-bond donors (Lipinski definition) is 0. The molecule has 6 nitrogen and oxygen atoms in total. The van der Waals surface area contributed by atoms with Crippen LogP contribution in [-0.2, 0) is 10.8 Å². The maximum Gasteiger partial charge on any atom is 0.255 e. The van der Waals surface area contributed by atoms with Gasteiger partial charge in [-0.15, -0.1) is 0 Å². The van der Waals surface area contributed by atoms with Crippen molar-refractivity contribution in [2.24, 2.45) is 0 Å². The van der Waals surface area contributed by atoms with Crippen molar-refractivity contribution in [3.8, 4) is 28.7 Å². The highest BCUT2D eigenvalue weighted by Crippen LogP contribution is 2.42. The first-order chi connectivity index (χ1) is 27.8. The summed E-state index contributed by atoms with van der Waals surface area (Å²) in [5.74, 6) is 2.35. The predicted molar refractivity (Wildman–Crippen MR) is 238 cm³/mol. The number of hydrogen-bond acceptors (Lipinski definition) is 3. The largest absolute Gasteiger partial charge is 0.457 e. The Labute approximate surface area is 338 Å². The molecule has 10 rings (SSSR count). The Morgan fingerprint density at radius 2 is 1.33 bits per heavy atom. The van der Waals surface area contributed by atoms with Crippen LogP contribution in [0, 0.1) is 13.8 Å². The van der Waals surface area contributed by atoms with Gasteiger partial charge >= 0.3 is 0 Å². The van der Waals surface area contributed by atoms with Gasteiger partial charge in [0, 0.05) is 34.5 Å². The number of furan rings is 1. The van der Waals surface area contributed by atoms with E-state index in [-0.39, 0.29) is 10.8 Å². The second kappa shape index (κ2) is 12.9. The maximum atomic E-state index is 6.77. The summed E-state index contributed by atoms with van der Waals surface area (Å²) >= 11 is 0. The molecule has 58 heavy (non-hydrogen) atoms. The van der Waals surface area contributed by atoms with Crippen LogP contribution in [0.4, 0.5) is 0 Å². The highest BCUT2D eigenvalue weighted by atomic mass is 16.5. The summed E-state index contributed by atoms with van der Waals surface area (Å²) in [6.07, 6.45) is 4.13. The summed E-state index contributed by atoms with van der Waals surface area (Å²) in [5.41, 5.74) is 13.4. The third-order valence-corrected chi connectivity index (χ3v) is 11.6. The van der Waals surface area contributed by atoms with Gasteiger partial charge in [0.15, 0.2) is 11.0 Å². The lowest BCUT2D eigenvalue weighted by Crippen LogP contribution is -2.31. The van der Waals surface area contributed by atoms with E-state index >= 15 is 0 Å². The highest BCUT2D eigenvalue weighted by molar-refractivity contribution is 6.24. The molecular formula is C52H47N4O2+. The normalized spacial score (nSPS) is 12.5. The van der Waals surface area contributed by atoms with Gasteiger partial charge in [0.1, 0.15) is 39.9 Å². The van der Waals surface area contributed by atoms with Crippen LogP contribution in [0.25, 0.3) is 72.0 Å². The summed E-state index contributed by atoms with van der Waals surface area (Å²) in [6.45, 7) is 18.0. The zero-order valence-corrected chi connectivity index (χ0v) is 34.4. The first-order valence-electron chi connectivity index (χ1n) is 20.1. The van der Waals surface area contributed by atoms with Crippen molar-refractivity contribution in [2.45, 2.75) is 66.2 Å². The third-order valence-electron chi connectivity index (χ3n) is 11.6. The summed E-state index contributed by atoms with van der Waals surface area (Å²) in [6, 6.07) is 44.9. The molecule has 0 aliphatic carbocycles. The van der Waals surface area contributed by atoms with E-state index in [1.165, 1.54) is 27.9 Å². The molecule has 0 amide bonds. The van der Waals surface area contributed by atoms with E-state index in [2.05, 4.69) is 185 Å². The second-order valence-electron chi connectivity index (χ2n) is 17.8. The zero-order chi connectivity index (χ0) is 40.1. The van der Waals surface area contributed by atoms with Crippen LogP contribution >= 0.6 is 0 Å². The fraction of sp³-hybridized carbons (Fsp3) is 0.192. The number of pyridine rings is 1. The topological polar surface area (TPSA) is 49.0 Å². The van der Waals surface area contributed by atoms with Crippen molar-refractivity contribution in [2.75, 3.05) is 0 Å².